The summed E-state index contributed by atoms with van der Waals surface area (Å²) in [6, 6.07) is 6.76. The van der Waals surface area contributed by atoms with Gasteiger partial charge in [-0.2, -0.15) is 0 Å². The van der Waals surface area contributed by atoms with Crippen molar-refractivity contribution < 1.29 is 4.79 Å². The molecule has 0 saturated heterocycles. The average molecular weight is 349 g/mol. The molecule has 8 heteroatoms. The Morgan fingerprint density at radius 1 is 1.25 bits per heavy atom. The van der Waals surface area contributed by atoms with Crippen LogP contribution in [0.1, 0.15) is 30.6 Å². The molecule has 2 rings (SSSR count). The molecule has 0 bridgehead atoms. The number of nitrogens with two attached hydrogens (primary N) is 1. The van der Waals surface area contributed by atoms with Gasteiger partial charge >= 0.3 is 0 Å². The van der Waals surface area contributed by atoms with Crippen molar-refractivity contribution in [3.63, 3.8) is 0 Å². The first kappa shape index (κ1) is 17.8. The lowest BCUT2D eigenvalue weighted by Gasteiger charge is -2.14. The van der Waals surface area contributed by atoms with Gasteiger partial charge in [-0.25, -0.2) is 9.97 Å². The zero-order valence-electron chi connectivity index (χ0n) is 13.6. The first-order valence-corrected chi connectivity index (χ1v) is 8.02. The number of nitrogen functional groups attached to an aromatic ring is 1. The number of nitrogens with zero attached hydrogens (tertiary/aromatic N) is 2. The van der Waals surface area contributed by atoms with Gasteiger partial charge in [0.2, 0.25) is 0 Å². The molecule has 1 heterocycles. The summed E-state index contributed by atoms with van der Waals surface area (Å²) in [6.45, 7) is 5.04. The smallest absolute Gasteiger partial charge is 0.271 e. The summed E-state index contributed by atoms with van der Waals surface area (Å²) in [5, 5.41) is 3.53. The van der Waals surface area contributed by atoms with E-state index in [1.807, 2.05) is 0 Å². The largest absolute Gasteiger partial charge is 0.393 e. The number of hydrogen-bond acceptors (Lipinski definition) is 6. The highest BCUT2D eigenvalue weighted by atomic mass is 35.5. The number of nitrogens with one attached hydrogen (secondary N) is 3. The Balaban J connectivity index is 2.00. The normalized spacial score (nSPS) is 10.5. The molecule has 1 amide bonds. The SMILES string of the molecule is CC(C)CCNc1ncnc(NNC(=O)c2ccccc2Cl)c1N. The zero-order valence-corrected chi connectivity index (χ0v) is 14.4. The Morgan fingerprint density at radius 3 is 2.67 bits per heavy atom. The van der Waals surface area contributed by atoms with Crippen LogP contribution < -0.4 is 21.9 Å². The van der Waals surface area contributed by atoms with Gasteiger partial charge in [-0.05, 0) is 24.5 Å². The van der Waals surface area contributed by atoms with Crippen LogP contribution >= 0.6 is 11.6 Å². The van der Waals surface area contributed by atoms with Gasteiger partial charge in [-0.15, -0.1) is 0 Å². The molecule has 0 fully saturated rings. The Morgan fingerprint density at radius 2 is 1.96 bits per heavy atom. The Bertz CT molecular complexity index is 707. The van der Waals surface area contributed by atoms with Crippen molar-refractivity contribution in [2.75, 3.05) is 23.0 Å². The van der Waals surface area contributed by atoms with Crippen LogP contribution in [0.2, 0.25) is 5.02 Å². The van der Waals surface area contributed by atoms with E-state index in [9.17, 15) is 4.79 Å². The molecule has 1 aromatic carbocycles. The molecule has 0 radical (unpaired) electrons. The summed E-state index contributed by atoms with van der Waals surface area (Å²) < 4.78 is 0. The highest BCUT2D eigenvalue weighted by molar-refractivity contribution is 6.33. The van der Waals surface area contributed by atoms with E-state index >= 15 is 0 Å². The van der Waals surface area contributed by atoms with Crippen LogP contribution in [0.3, 0.4) is 0 Å². The lowest BCUT2D eigenvalue weighted by Crippen LogP contribution is -2.30. The number of anilines is 3. The van der Waals surface area contributed by atoms with E-state index in [0.717, 1.165) is 13.0 Å². The number of carbonyl (C=O) groups is 1. The number of carbonyl (C=O) groups excluding carboxylic acids is 1. The molecule has 2 aromatic rings. The summed E-state index contributed by atoms with van der Waals surface area (Å²) in [4.78, 5) is 20.3. The standard InChI is InChI=1S/C16H21ClN6O/c1-10(2)7-8-19-14-13(18)15(21-9-20-14)22-23-16(24)11-5-3-4-6-12(11)17/h3-6,9-10H,7-8,18H2,1-2H3,(H,23,24)(H2,19,20,21,22). The predicted octanol–water partition coefficient (Wildman–Crippen LogP) is 2.93. The van der Waals surface area contributed by atoms with Gasteiger partial charge in [0.15, 0.2) is 11.6 Å². The number of rotatable bonds is 7. The van der Waals surface area contributed by atoms with Gasteiger partial charge < -0.3 is 11.1 Å². The minimum absolute atomic E-state index is 0.317. The molecular formula is C16H21ClN6O. The fourth-order valence-corrected chi connectivity index (χ4v) is 2.17. The first-order chi connectivity index (χ1) is 11.5. The molecule has 0 spiro atoms. The van der Waals surface area contributed by atoms with E-state index in [1.54, 1.807) is 24.3 Å². The van der Waals surface area contributed by atoms with Gasteiger partial charge in [-0.3, -0.25) is 15.6 Å². The molecule has 0 atom stereocenters. The van der Waals surface area contributed by atoms with E-state index in [0.29, 0.717) is 33.8 Å². The molecule has 0 aliphatic carbocycles. The molecule has 7 nitrogen and oxygen atoms in total. The van der Waals surface area contributed by atoms with E-state index in [-0.39, 0.29) is 5.91 Å². The monoisotopic (exact) mass is 348 g/mol. The second kappa shape index (κ2) is 8.35. The molecule has 0 aliphatic heterocycles. The number of aromatic nitrogens is 2. The van der Waals surface area contributed by atoms with Gasteiger partial charge in [-0.1, -0.05) is 37.6 Å². The van der Waals surface area contributed by atoms with E-state index in [1.165, 1.54) is 6.33 Å². The van der Waals surface area contributed by atoms with E-state index in [4.69, 9.17) is 17.3 Å². The highest BCUT2D eigenvalue weighted by Crippen LogP contribution is 2.22. The van der Waals surface area contributed by atoms with Crippen molar-refractivity contribution in [3.8, 4) is 0 Å². The number of amides is 1. The van der Waals surface area contributed by atoms with E-state index < -0.39 is 0 Å². The van der Waals surface area contributed by atoms with Crippen LogP contribution in [0.4, 0.5) is 17.3 Å². The quantitative estimate of drug-likeness (QED) is 0.573. The van der Waals surface area contributed by atoms with Crippen molar-refractivity contribution in [3.05, 3.63) is 41.2 Å². The fourth-order valence-electron chi connectivity index (χ4n) is 1.94. The summed E-state index contributed by atoms with van der Waals surface area (Å²) in [5.41, 5.74) is 11.9. The molecule has 0 unspecified atom stereocenters. The lowest BCUT2D eigenvalue weighted by atomic mass is 10.1. The van der Waals surface area contributed by atoms with Gasteiger partial charge in [0, 0.05) is 6.54 Å². The van der Waals surface area contributed by atoms with Crippen LogP contribution in [-0.2, 0) is 0 Å². The van der Waals surface area contributed by atoms with Crippen molar-refractivity contribution in [1.82, 2.24) is 15.4 Å². The van der Waals surface area contributed by atoms with Gasteiger partial charge in [0.25, 0.3) is 5.91 Å². The fraction of sp³-hybridized carbons (Fsp3) is 0.312. The third-order valence-corrected chi connectivity index (χ3v) is 3.64. The predicted molar refractivity (Wildman–Crippen MR) is 96.9 cm³/mol. The molecule has 1 aromatic heterocycles. The Labute approximate surface area is 146 Å². The third kappa shape index (κ3) is 4.73. The molecular weight excluding hydrogens is 328 g/mol. The van der Waals surface area contributed by atoms with Crippen LogP contribution in [0, 0.1) is 5.92 Å². The number of hydrogen-bond donors (Lipinski definition) is 4. The minimum atomic E-state index is -0.382. The van der Waals surface area contributed by atoms with Crippen molar-refractivity contribution in [2.24, 2.45) is 5.92 Å². The number of hydrazine groups is 1. The summed E-state index contributed by atoms with van der Waals surface area (Å²) in [7, 11) is 0. The average Bonchev–Trinajstić information content (AvgIpc) is 2.55. The third-order valence-electron chi connectivity index (χ3n) is 3.31. The maximum atomic E-state index is 12.1. The molecule has 24 heavy (non-hydrogen) atoms. The first-order valence-electron chi connectivity index (χ1n) is 7.64. The molecule has 0 saturated carbocycles. The second-order valence-corrected chi connectivity index (χ2v) is 6.06. The summed E-state index contributed by atoms with van der Waals surface area (Å²) in [6.07, 6.45) is 2.37. The number of benzene rings is 1. The van der Waals surface area contributed by atoms with Crippen LogP contribution in [0.5, 0.6) is 0 Å². The lowest BCUT2D eigenvalue weighted by molar-refractivity contribution is 0.0962. The van der Waals surface area contributed by atoms with Crippen molar-refractivity contribution in [1.29, 1.82) is 0 Å². The van der Waals surface area contributed by atoms with Crippen LogP contribution in [0.15, 0.2) is 30.6 Å². The van der Waals surface area contributed by atoms with Crippen molar-refractivity contribution in [2.45, 2.75) is 20.3 Å². The molecule has 128 valence electrons. The summed E-state index contributed by atoms with van der Waals surface area (Å²) in [5.74, 6) is 1.04. The van der Waals surface area contributed by atoms with Crippen LogP contribution in [-0.4, -0.2) is 22.4 Å². The summed E-state index contributed by atoms with van der Waals surface area (Å²) >= 11 is 5.99. The Hall–Kier alpha value is -2.54. The van der Waals surface area contributed by atoms with Gasteiger partial charge in [0.05, 0.1) is 10.6 Å². The molecule has 5 N–H and O–H groups in total. The van der Waals surface area contributed by atoms with Crippen LogP contribution in [0.25, 0.3) is 0 Å². The zero-order chi connectivity index (χ0) is 17.5. The van der Waals surface area contributed by atoms with Crippen molar-refractivity contribution >= 4 is 34.8 Å². The van der Waals surface area contributed by atoms with Gasteiger partial charge in [0.1, 0.15) is 12.0 Å². The van der Waals surface area contributed by atoms with E-state index in [2.05, 4.69) is 40.0 Å². The maximum absolute atomic E-state index is 12.1. The second-order valence-electron chi connectivity index (χ2n) is 5.65. The molecule has 0 aliphatic rings. The Kier molecular flexibility index (Phi) is 6.20. The minimum Gasteiger partial charge on any atom is -0.393 e. The topological polar surface area (TPSA) is 105 Å². The highest BCUT2D eigenvalue weighted by Gasteiger charge is 2.12. The maximum Gasteiger partial charge on any atom is 0.271 e. The number of halogens is 1.